The number of benzene rings is 2. The van der Waals surface area contributed by atoms with Crippen molar-refractivity contribution in [2.45, 2.75) is 25.8 Å². The molecule has 2 N–H and O–H groups in total. The Labute approximate surface area is 165 Å². The highest BCUT2D eigenvalue weighted by atomic mass is 32.1. The van der Waals surface area contributed by atoms with Gasteiger partial charge < -0.3 is 5.32 Å². The first-order valence-electron chi connectivity index (χ1n) is 9.42. The molecule has 0 aliphatic heterocycles. The van der Waals surface area contributed by atoms with E-state index in [4.69, 9.17) is 0 Å². The van der Waals surface area contributed by atoms with Gasteiger partial charge in [0.2, 0.25) is 5.91 Å². The lowest BCUT2D eigenvalue weighted by molar-refractivity contribution is -0.120. The third-order valence-corrected chi connectivity index (χ3v) is 5.53. The lowest BCUT2D eigenvalue weighted by atomic mass is 10.0. The Morgan fingerprint density at radius 1 is 0.963 bits per heavy atom. The molecule has 3 nitrogen and oxygen atoms in total. The van der Waals surface area contributed by atoms with Gasteiger partial charge in [0.05, 0.1) is 12.6 Å². The van der Waals surface area contributed by atoms with Crippen LogP contribution in [0.15, 0.2) is 72.1 Å². The summed E-state index contributed by atoms with van der Waals surface area (Å²) in [5, 5.41) is 8.50. The summed E-state index contributed by atoms with van der Waals surface area (Å²) in [7, 11) is 0. The first-order chi connectivity index (χ1) is 13.3. The van der Waals surface area contributed by atoms with Gasteiger partial charge in [-0.2, -0.15) is 0 Å². The summed E-state index contributed by atoms with van der Waals surface area (Å²) >= 11 is 1.71. The minimum atomic E-state index is 0.0256. The molecule has 0 radical (unpaired) electrons. The Kier molecular flexibility index (Phi) is 7.19. The number of thiophene rings is 1. The molecule has 0 spiro atoms. The van der Waals surface area contributed by atoms with Crippen LogP contribution in [0.2, 0.25) is 0 Å². The maximum Gasteiger partial charge on any atom is 0.233 e. The number of aryl methyl sites for hydroxylation is 1. The molecular weight excluding hydrogens is 352 g/mol. The molecule has 0 aliphatic rings. The van der Waals surface area contributed by atoms with E-state index in [1.807, 2.05) is 18.2 Å². The lowest BCUT2D eigenvalue weighted by Gasteiger charge is -2.18. The molecule has 0 aliphatic carbocycles. The van der Waals surface area contributed by atoms with Crippen molar-refractivity contribution in [1.29, 1.82) is 0 Å². The molecule has 1 aromatic heterocycles. The van der Waals surface area contributed by atoms with Gasteiger partial charge in [-0.3, -0.25) is 10.1 Å². The molecule has 140 valence electrons. The lowest BCUT2D eigenvalue weighted by Crippen LogP contribution is -2.36. The first-order valence-corrected chi connectivity index (χ1v) is 10.3. The molecule has 0 unspecified atom stereocenters. The van der Waals surface area contributed by atoms with Crippen molar-refractivity contribution >= 4 is 17.2 Å². The molecule has 0 saturated carbocycles. The fourth-order valence-electron chi connectivity index (χ4n) is 3.03. The number of amides is 1. The van der Waals surface area contributed by atoms with E-state index >= 15 is 0 Å². The molecule has 0 saturated heterocycles. The van der Waals surface area contributed by atoms with E-state index in [0.717, 1.165) is 12.8 Å². The first kappa shape index (κ1) is 19.3. The summed E-state index contributed by atoms with van der Waals surface area (Å²) in [5.74, 6) is 0.0256. The van der Waals surface area contributed by atoms with Crippen molar-refractivity contribution in [2.24, 2.45) is 0 Å². The van der Waals surface area contributed by atoms with E-state index in [9.17, 15) is 4.79 Å². The quantitative estimate of drug-likeness (QED) is 0.581. The SMILES string of the molecule is CCc1ccc([C@@H](NCC(=O)NCCc2ccccc2)c2cccs2)cc1. The van der Waals surface area contributed by atoms with Gasteiger partial charge in [0.15, 0.2) is 0 Å². The molecule has 0 bridgehead atoms. The zero-order valence-electron chi connectivity index (χ0n) is 15.7. The molecule has 0 fully saturated rings. The van der Waals surface area contributed by atoms with Crippen molar-refractivity contribution in [3.63, 3.8) is 0 Å². The predicted octanol–water partition coefficient (Wildman–Crippen LogP) is 4.35. The molecular formula is C23H26N2OS. The van der Waals surface area contributed by atoms with E-state index in [0.29, 0.717) is 13.1 Å². The van der Waals surface area contributed by atoms with Crippen LogP contribution in [-0.2, 0) is 17.6 Å². The summed E-state index contributed by atoms with van der Waals surface area (Å²) in [6.07, 6.45) is 1.88. The van der Waals surface area contributed by atoms with Crippen LogP contribution in [0.25, 0.3) is 0 Å². The van der Waals surface area contributed by atoms with Crippen LogP contribution in [-0.4, -0.2) is 19.0 Å². The summed E-state index contributed by atoms with van der Waals surface area (Å²) < 4.78 is 0. The minimum Gasteiger partial charge on any atom is -0.355 e. The molecule has 27 heavy (non-hydrogen) atoms. The minimum absolute atomic E-state index is 0.0256. The maximum absolute atomic E-state index is 12.3. The van der Waals surface area contributed by atoms with Gasteiger partial charge in [0, 0.05) is 11.4 Å². The highest BCUT2D eigenvalue weighted by Crippen LogP contribution is 2.26. The summed E-state index contributed by atoms with van der Waals surface area (Å²) in [4.78, 5) is 13.5. The van der Waals surface area contributed by atoms with Gasteiger partial charge in [-0.25, -0.2) is 0 Å². The van der Waals surface area contributed by atoms with Crippen molar-refractivity contribution < 1.29 is 4.79 Å². The van der Waals surface area contributed by atoms with Crippen LogP contribution in [0.3, 0.4) is 0 Å². The Morgan fingerprint density at radius 3 is 2.41 bits per heavy atom. The van der Waals surface area contributed by atoms with Crippen LogP contribution >= 0.6 is 11.3 Å². The van der Waals surface area contributed by atoms with E-state index in [1.54, 1.807) is 11.3 Å². The zero-order valence-corrected chi connectivity index (χ0v) is 16.5. The van der Waals surface area contributed by atoms with Crippen LogP contribution in [0.4, 0.5) is 0 Å². The second-order valence-corrected chi connectivity index (χ2v) is 7.49. The van der Waals surface area contributed by atoms with E-state index in [2.05, 4.69) is 71.5 Å². The molecule has 2 aromatic carbocycles. The van der Waals surface area contributed by atoms with Crippen molar-refractivity contribution in [1.82, 2.24) is 10.6 Å². The third-order valence-electron chi connectivity index (χ3n) is 4.59. The smallest absolute Gasteiger partial charge is 0.233 e. The van der Waals surface area contributed by atoms with Gasteiger partial charge in [-0.1, -0.05) is 67.6 Å². The standard InChI is InChI=1S/C23H26N2OS/c1-2-18-10-12-20(13-11-18)23(21-9-6-16-27-21)25-17-22(26)24-15-14-19-7-4-3-5-8-19/h3-13,16,23,25H,2,14-15,17H2,1H3,(H,24,26)/t23-/m1/s1. The number of nitrogens with one attached hydrogen (secondary N) is 2. The number of hydrogen-bond donors (Lipinski definition) is 2. The monoisotopic (exact) mass is 378 g/mol. The Morgan fingerprint density at radius 2 is 1.74 bits per heavy atom. The summed E-state index contributed by atoms with van der Waals surface area (Å²) in [5.41, 5.74) is 3.74. The second kappa shape index (κ2) is 10.0. The van der Waals surface area contributed by atoms with Gasteiger partial charge in [0.25, 0.3) is 0 Å². The molecule has 1 atom stereocenters. The van der Waals surface area contributed by atoms with Crippen molar-refractivity contribution in [3.05, 3.63) is 93.7 Å². The fraction of sp³-hybridized carbons (Fsp3) is 0.261. The normalized spacial score (nSPS) is 11.9. The average molecular weight is 379 g/mol. The van der Waals surface area contributed by atoms with E-state index < -0.39 is 0 Å². The Hall–Kier alpha value is -2.43. The molecule has 4 heteroatoms. The Balaban J connectivity index is 1.55. The van der Waals surface area contributed by atoms with Gasteiger partial charge in [-0.05, 0) is 41.0 Å². The van der Waals surface area contributed by atoms with Crippen molar-refractivity contribution in [2.75, 3.05) is 13.1 Å². The summed E-state index contributed by atoms with van der Waals surface area (Å²) in [6.45, 7) is 3.11. The molecule has 3 aromatic rings. The van der Waals surface area contributed by atoms with Crippen LogP contribution in [0.1, 0.15) is 34.5 Å². The number of rotatable bonds is 9. The van der Waals surface area contributed by atoms with Crippen LogP contribution < -0.4 is 10.6 Å². The zero-order chi connectivity index (χ0) is 18.9. The number of hydrogen-bond acceptors (Lipinski definition) is 3. The average Bonchev–Trinajstić information content (AvgIpc) is 3.24. The number of carbonyl (C=O) groups excluding carboxylic acids is 1. The fourth-order valence-corrected chi connectivity index (χ4v) is 3.86. The second-order valence-electron chi connectivity index (χ2n) is 6.51. The van der Waals surface area contributed by atoms with Gasteiger partial charge >= 0.3 is 0 Å². The molecule has 1 amide bonds. The molecule has 3 rings (SSSR count). The van der Waals surface area contributed by atoms with E-state index in [1.165, 1.54) is 21.6 Å². The van der Waals surface area contributed by atoms with Gasteiger partial charge in [0.1, 0.15) is 0 Å². The highest BCUT2D eigenvalue weighted by molar-refractivity contribution is 7.10. The molecule has 1 heterocycles. The highest BCUT2D eigenvalue weighted by Gasteiger charge is 2.16. The number of carbonyl (C=O) groups is 1. The van der Waals surface area contributed by atoms with Crippen molar-refractivity contribution in [3.8, 4) is 0 Å². The topological polar surface area (TPSA) is 41.1 Å². The Bertz CT molecular complexity index is 813. The summed E-state index contributed by atoms with van der Waals surface area (Å²) in [6, 6.07) is 23.1. The van der Waals surface area contributed by atoms with E-state index in [-0.39, 0.29) is 11.9 Å². The van der Waals surface area contributed by atoms with Gasteiger partial charge in [-0.15, -0.1) is 11.3 Å². The maximum atomic E-state index is 12.3. The van der Waals surface area contributed by atoms with Crippen LogP contribution in [0, 0.1) is 0 Å². The largest absolute Gasteiger partial charge is 0.355 e. The van der Waals surface area contributed by atoms with Crippen LogP contribution in [0.5, 0.6) is 0 Å². The predicted molar refractivity (Wildman–Crippen MR) is 113 cm³/mol. The third kappa shape index (κ3) is 5.78.